The van der Waals surface area contributed by atoms with Crippen molar-refractivity contribution in [2.45, 2.75) is 6.92 Å². The lowest BCUT2D eigenvalue weighted by atomic mass is 10.1. The summed E-state index contributed by atoms with van der Waals surface area (Å²) in [6.07, 6.45) is 5.58. The summed E-state index contributed by atoms with van der Waals surface area (Å²) in [5, 5.41) is 0. The standard InChI is InChI=1S/C15H15NO/c1-2-17-15(14-6-4-3-5-7-14)12-13-8-10-16-11-9-13/h3-12H,2H2,1H3/b15-12+. The van der Waals surface area contributed by atoms with Gasteiger partial charge in [0.25, 0.3) is 0 Å². The van der Waals surface area contributed by atoms with E-state index in [2.05, 4.69) is 4.98 Å². The van der Waals surface area contributed by atoms with E-state index in [0.29, 0.717) is 6.61 Å². The molecule has 17 heavy (non-hydrogen) atoms. The van der Waals surface area contributed by atoms with Gasteiger partial charge in [-0.3, -0.25) is 4.98 Å². The molecule has 86 valence electrons. The molecular weight excluding hydrogens is 210 g/mol. The second-order valence-corrected chi connectivity index (χ2v) is 3.59. The highest BCUT2D eigenvalue weighted by Crippen LogP contribution is 2.18. The maximum Gasteiger partial charge on any atom is 0.127 e. The summed E-state index contributed by atoms with van der Waals surface area (Å²) in [5.41, 5.74) is 2.18. The fourth-order valence-corrected chi connectivity index (χ4v) is 1.58. The number of hydrogen-bond donors (Lipinski definition) is 0. The van der Waals surface area contributed by atoms with Crippen LogP contribution in [0.2, 0.25) is 0 Å². The van der Waals surface area contributed by atoms with Crippen LogP contribution in [0.1, 0.15) is 18.1 Å². The Morgan fingerprint density at radius 2 is 1.82 bits per heavy atom. The molecular formula is C15H15NO. The minimum atomic E-state index is 0.659. The van der Waals surface area contributed by atoms with Gasteiger partial charge in [0.2, 0.25) is 0 Å². The number of aromatic nitrogens is 1. The van der Waals surface area contributed by atoms with Gasteiger partial charge >= 0.3 is 0 Å². The van der Waals surface area contributed by atoms with Crippen LogP contribution in [0.25, 0.3) is 11.8 Å². The quantitative estimate of drug-likeness (QED) is 0.741. The molecule has 0 saturated heterocycles. The lowest BCUT2D eigenvalue weighted by Gasteiger charge is -2.08. The van der Waals surface area contributed by atoms with Crippen molar-refractivity contribution in [2.24, 2.45) is 0 Å². The van der Waals surface area contributed by atoms with Crippen molar-refractivity contribution in [1.82, 2.24) is 4.98 Å². The first kappa shape index (κ1) is 11.4. The molecule has 0 radical (unpaired) electrons. The first-order valence-corrected chi connectivity index (χ1v) is 5.70. The third-order valence-electron chi connectivity index (χ3n) is 2.36. The van der Waals surface area contributed by atoms with Crippen molar-refractivity contribution in [2.75, 3.05) is 6.61 Å². The summed E-state index contributed by atoms with van der Waals surface area (Å²) in [6.45, 7) is 2.65. The molecule has 2 aromatic rings. The van der Waals surface area contributed by atoms with Crippen molar-refractivity contribution >= 4 is 11.8 Å². The van der Waals surface area contributed by atoms with Crippen LogP contribution in [0.15, 0.2) is 54.9 Å². The normalized spacial score (nSPS) is 11.2. The molecule has 0 amide bonds. The second-order valence-electron chi connectivity index (χ2n) is 3.59. The van der Waals surface area contributed by atoms with Crippen LogP contribution in [-0.4, -0.2) is 11.6 Å². The minimum absolute atomic E-state index is 0.659. The summed E-state index contributed by atoms with van der Waals surface area (Å²) in [7, 11) is 0. The van der Waals surface area contributed by atoms with Crippen molar-refractivity contribution < 1.29 is 4.74 Å². The Hall–Kier alpha value is -2.09. The summed E-state index contributed by atoms with van der Waals surface area (Å²) in [6, 6.07) is 14.0. The first-order valence-electron chi connectivity index (χ1n) is 5.70. The van der Waals surface area contributed by atoms with Gasteiger partial charge in [-0.05, 0) is 30.7 Å². The molecule has 0 fully saturated rings. The molecule has 0 aliphatic rings. The maximum absolute atomic E-state index is 5.67. The van der Waals surface area contributed by atoms with E-state index in [-0.39, 0.29) is 0 Å². The van der Waals surface area contributed by atoms with E-state index in [0.717, 1.165) is 16.9 Å². The van der Waals surface area contributed by atoms with Gasteiger partial charge in [-0.1, -0.05) is 30.3 Å². The van der Waals surface area contributed by atoms with Crippen LogP contribution in [-0.2, 0) is 4.74 Å². The van der Waals surface area contributed by atoms with Crippen LogP contribution in [0.5, 0.6) is 0 Å². The molecule has 0 N–H and O–H groups in total. The van der Waals surface area contributed by atoms with Gasteiger partial charge in [-0.15, -0.1) is 0 Å². The summed E-state index contributed by atoms with van der Waals surface area (Å²) in [4.78, 5) is 4.00. The zero-order chi connectivity index (χ0) is 11.9. The van der Waals surface area contributed by atoms with Gasteiger partial charge < -0.3 is 4.74 Å². The van der Waals surface area contributed by atoms with Crippen molar-refractivity contribution in [3.05, 3.63) is 66.0 Å². The van der Waals surface area contributed by atoms with Crippen LogP contribution in [0, 0.1) is 0 Å². The summed E-state index contributed by atoms with van der Waals surface area (Å²) in [5.74, 6) is 0.888. The average molecular weight is 225 g/mol. The molecule has 0 unspecified atom stereocenters. The molecule has 0 bridgehead atoms. The van der Waals surface area contributed by atoms with E-state index in [1.165, 1.54) is 0 Å². The van der Waals surface area contributed by atoms with E-state index in [1.54, 1.807) is 12.4 Å². The topological polar surface area (TPSA) is 22.1 Å². The van der Waals surface area contributed by atoms with Gasteiger partial charge in [-0.2, -0.15) is 0 Å². The molecule has 1 heterocycles. The number of benzene rings is 1. The Morgan fingerprint density at radius 1 is 1.12 bits per heavy atom. The molecule has 0 atom stereocenters. The highest BCUT2D eigenvalue weighted by molar-refractivity contribution is 5.77. The lowest BCUT2D eigenvalue weighted by Crippen LogP contribution is -1.91. The van der Waals surface area contributed by atoms with Gasteiger partial charge in [0.15, 0.2) is 0 Å². The molecule has 2 rings (SSSR count). The predicted molar refractivity (Wildman–Crippen MR) is 70.2 cm³/mol. The zero-order valence-electron chi connectivity index (χ0n) is 9.84. The van der Waals surface area contributed by atoms with Gasteiger partial charge in [-0.25, -0.2) is 0 Å². The molecule has 0 aliphatic carbocycles. The highest BCUT2D eigenvalue weighted by Gasteiger charge is 2.01. The second kappa shape index (κ2) is 5.85. The fourth-order valence-electron chi connectivity index (χ4n) is 1.58. The SMILES string of the molecule is CCO/C(=C/c1ccncc1)c1ccccc1. The van der Waals surface area contributed by atoms with Crippen LogP contribution in [0.3, 0.4) is 0 Å². The largest absolute Gasteiger partial charge is 0.493 e. The van der Waals surface area contributed by atoms with Gasteiger partial charge in [0.1, 0.15) is 5.76 Å². The van der Waals surface area contributed by atoms with E-state index in [1.807, 2.05) is 55.5 Å². The van der Waals surface area contributed by atoms with Crippen LogP contribution in [0.4, 0.5) is 0 Å². The summed E-state index contributed by atoms with van der Waals surface area (Å²) >= 11 is 0. The molecule has 2 nitrogen and oxygen atoms in total. The van der Waals surface area contributed by atoms with E-state index in [9.17, 15) is 0 Å². The summed E-state index contributed by atoms with van der Waals surface area (Å²) < 4.78 is 5.67. The number of pyridine rings is 1. The third kappa shape index (κ3) is 3.18. The molecule has 0 saturated carbocycles. The van der Waals surface area contributed by atoms with E-state index in [4.69, 9.17) is 4.74 Å². The van der Waals surface area contributed by atoms with Crippen molar-refractivity contribution in [3.8, 4) is 0 Å². The lowest BCUT2D eigenvalue weighted by molar-refractivity contribution is 0.300. The average Bonchev–Trinajstić information content (AvgIpc) is 2.40. The Kier molecular flexibility index (Phi) is 3.92. The first-order chi connectivity index (χ1) is 8.40. The Labute approximate surface area is 102 Å². The predicted octanol–water partition coefficient (Wildman–Crippen LogP) is 3.62. The maximum atomic E-state index is 5.67. The van der Waals surface area contributed by atoms with Gasteiger partial charge in [0, 0.05) is 18.0 Å². The van der Waals surface area contributed by atoms with Gasteiger partial charge in [0.05, 0.1) is 6.61 Å². The minimum Gasteiger partial charge on any atom is -0.493 e. The fraction of sp³-hybridized carbons (Fsp3) is 0.133. The number of rotatable bonds is 4. The van der Waals surface area contributed by atoms with E-state index >= 15 is 0 Å². The molecule has 0 aliphatic heterocycles. The van der Waals surface area contributed by atoms with Crippen LogP contribution < -0.4 is 0 Å². The Morgan fingerprint density at radius 3 is 2.47 bits per heavy atom. The molecule has 2 heteroatoms. The number of ether oxygens (including phenoxy) is 1. The zero-order valence-corrected chi connectivity index (χ0v) is 9.84. The Balaban J connectivity index is 2.33. The number of hydrogen-bond acceptors (Lipinski definition) is 2. The van der Waals surface area contributed by atoms with E-state index < -0.39 is 0 Å². The monoisotopic (exact) mass is 225 g/mol. The van der Waals surface area contributed by atoms with Crippen molar-refractivity contribution in [1.29, 1.82) is 0 Å². The third-order valence-corrected chi connectivity index (χ3v) is 2.36. The van der Waals surface area contributed by atoms with Crippen LogP contribution >= 0.6 is 0 Å². The molecule has 1 aromatic carbocycles. The van der Waals surface area contributed by atoms with Crippen molar-refractivity contribution in [3.63, 3.8) is 0 Å². The molecule has 1 aromatic heterocycles. The smallest absolute Gasteiger partial charge is 0.127 e. The number of nitrogens with zero attached hydrogens (tertiary/aromatic N) is 1. The highest BCUT2D eigenvalue weighted by atomic mass is 16.5. The Bertz CT molecular complexity index is 477. The molecule has 0 spiro atoms.